The lowest BCUT2D eigenvalue weighted by Crippen LogP contribution is -2.02. The van der Waals surface area contributed by atoms with Crippen molar-refractivity contribution < 1.29 is 5.11 Å². The predicted molar refractivity (Wildman–Crippen MR) is 57.5 cm³/mol. The van der Waals surface area contributed by atoms with E-state index in [-0.39, 0.29) is 5.39 Å². The van der Waals surface area contributed by atoms with Crippen molar-refractivity contribution in [2.24, 2.45) is 0 Å². The average Bonchev–Trinajstić information content (AvgIpc) is 2.32. The Morgan fingerprint density at radius 2 is 1.87 bits per heavy atom. The molecule has 0 unspecified atom stereocenters. The Hall–Kier alpha value is -1.81. The maximum atomic E-state index is 11.6. The second kappa shape index (κ2) is 3.40. The molecule has 1 aromatic heterocycles. The topological polar surface area (TPSA) is 70.2 Å². The van der Waals surface area contributed by atoms with E-state index in [1.807, 2.05) is 0 Å². The van der Waals surface area contributed by atoms with Crippen molar-refractivity contribution in [2.75, 3.05) is 0 Å². The first-order valence-corrected chi connectivity index (χ1v) is 4.53. The molecule has 0 saturated heterocycles. The van der Waals surface area contributed by atoms with E-state index in [1.54, 1.807) is 18.2 Å². The number of aromatic nitrogens is 1. The van der Waals surface area contributed by atoms with Crippen LogP contribution in [-0.2, 0) is 0 Å². The van der Waals surface area contributed by atoms with Crippen LogP contribution in [0.1, 0.15) is 0 Å². The van der Waals surface area contributed by atoms with Gasteiger partial charge in [0, 0.05) is 5.39 Å². The Morgan fingerprint density at radius 3 is 2.60 bits per heavy atom. The Bertz CT molecular complexity index is 648. The van der Waals surface area contributed by atoms with E-state index < -0.39 is 21.8 Å². The van der Waals surface area contributed by atoms with Crippen LogP contribution in [0.15, 0.2) is 33.9 Å². The highest BCUT2D eigenvalue weighted by Crippen LogP contribution is 2.14. The summed E-state index contributed by atoms with van der Waals surface area (Å²) in [5, 5.41) is 9.11. The molecule has 0 aliphatic heterocycles. The fourth-order valence-electron chi connectivity index (χ4n) is 1.30. The summed E-state index contributed by atoms with van der Waals surface area (Å²) in [4.78, 5) is 25.4. The van der Waals surface area contributed by atoms with Gasteiger partial charge in [-0.15, -0.1) is 0 Å². The number of aromatic hydroxyl groups is 1. The number of halogens is 1. The summed E-state index contributed by atoms with van der Waals surface area (Å²) in [5.41, 5.74) is -1.00. The lowest BCUT2D eigenvalue weighted by molar-refractivity contribution is 0.471. The predicted octanol–water partition coefficient (Wildman–Crippen LogP) is 1.25. The first kappa shape index (κ1) is 9.73. The standard InChI is InChI=1S/C10H6ClNO3/c11-7-9(14)8(13)5-3-1-2-4-6(5)12-10(7)15/h1-4H,(H,12,15)(H,13,14). The van der Waals surface area contributed by atoms with Crippen LogP contribution < -0.4 is 11.0 Å². The Kier molecular flexibility index (Phi) is 2.21. The van der Waals surface area contributed by atoms with Gasteiger partial charge >= 0.3 is 0 Å². The molecule has 2 rings (SSSR count). The maximum Gasteiger partial charge on any atom is 0.271 e. The SMILES string of the molecule is O=c1[nH]c2ccccc2c(=O)c(O)c1Cl. The third kappa shape index (κ3) is 1.49. The molecule has 76 valence electrons. The number of hydrogen-bond acceptors (Lipinski definition) is 3. The molecule has 0 spiro atoms. The minimum atomic E-state index is -0.723. The molecule has 2 N–H and O–H groups in total. The maximum absolute atomic E-state index is 11.6. The molecule has 0 aliphatic carbocycles. The largest absolute Gasteiger partial charge is 0.503 e. The third-order valence-electron chi connectivity index (χ3n) is 2.04. The van der Waals surface area contributed by atoms with E-state index in [0.29, 0.717) is 5.52 Å². The monoisotopic (exact) mass is 223 g/mol. The summed E-state index contributed by atoms with van der Waals surface area (Å²) < 4.78 is 0. The van der Waals surface area contributed by atoms with E-state index >= 15 is 0 Å². The molecule has 5 heteroatoms. The van der Waals surface area contributed by atoms with Crippen molar-refractivity contribution >= 4 is 22.5 Å². The van der Waals surface area contributed by atoms with Crippen LogP contribution in [0.4, 0.5) is 0 Å². The van der Waals surface area contributed by atoms with E-state index in [4.69, 9.17) is 11.6 Å². The first-order valence-electron chi connectivity index (χ1n) is 4.15. The molecule has 0 fully saturated rings. The molecule has 0 aliphatic rings. The zero-order chi connectivity index (χ0) is 11.0. The van der Waals surface area contributed by atoms with Crippen LogP contribution in [0.25, 0.3) is 10.9 Å². The van der Waals surface area contributed by atoms with Crippen molar-refractivity contribution in [3.05, 3.63) is 49.9 Å². The van der Waals surface area contributed by atoms with Crippen molar-refractivity contribution in [1.29, 1.82) is 0 Å². The van der Waals surface area contributed by atoms with Crippen LogP contribution in [0.5, 0.6) is 5.75 Å². The van der Waals surface area contributed by atoms with Gasteiger partial charge in [-0.3, -0.25) is 9.59 Å². The number of hydrogen-bond donors (Lipinski definition) is 2. The molecule has 2 aromatic rings. The summed E-state index contributed by atoms with van der Waals surface area (Å²) in [6, 6.07) is 6.37. The van der Waals surface area contributed by atoms with Crippen LogP contribution in [0.2, 0.25) is 5.02 Å². The summed E-state index contributed by atoms with van der Waals surface area (Å²) in [7, 11) is 0. The number of H-pyrrole nitrogens is 1. The van der Waals surface area contributed by atoms with Gasteiger partial charge in [0.1, 0.15) is 0 Å². The van der Waals surface area contributed by atoms with Gasteiger partial charge in [-0.25, -0.2) is 0 Å². The fourth-order valence-corrected chi connectivity index (χ4v) is 1.44. The summed E-state index contributed by atoms with van der Waals surface area (Å²) in [6.07, 6.45) is 0. The number of fused-ring (bicyclic) bond motifs is 1. The number of para-hydroxylation sites is 1. The molecule has 0 saturated carbocycles. The first-order chi connectivity index (χ1) is 7.11. The normalized spacial score (nSPS) is 10.5. The summed E-state index contributed by atoms with van der Waals surface area (Å²) >= 11 is 5.50. The highest BCUT2D eigenvalue weighted by molar-refractivity contribution is 6.31. The van der Waals surface area contributed by atoms with Gasteiger partial charge in [0.2, 0.25) is 5.43 Å². The Morgan fingerprint density at radius 1 is 1.20 bits per heavy atom. The van der Waals surface area contributed by atoms with E-state index in [9.17, 15) is 14.7 Å². The second-order valence-corrected chi connectivity index (χ2v) is 3.37. The average molecular weight is 224 g/mol. The lowest BCUT2D eigenvalue weighted by atomic mass is 10.2. The quantitative estimate of drug-likeness (QED) is 0.706. The summed E-state index contributed by atoms with van der Waals surface area (Å²) in [6.45, 7) is 0. The molecule has 1 heterocycles. The van der Waals surface area contributed by atoms with Gasteiger partial charge in [-0.2, -0.15) is 0 Å². The molecule has 15 heavy (non-hydrogen) atoms. The number of nitrogens with one attached hydrogen (secondary N) is 1. The zero-order valence-electron chi connectivity index (χ0n) is 7.45. The van der Waals surface area contributed by atoms with Gasteiger partial charge in [-0.05, 0) is 12.1 Å². The van der Waals surface area contributed by atoms with Crippen molar-refractivity contribution in [3.63, 3.8) is 0 Å². The van der Waals surface area contributed by atoms with Gasteiger partial charge in [0.15, 0.2) is 10.8 Å². The number of rotatable bonds is 0. The smallest absolute Gasteiger partial charge is 0.271 e. The molecule has 0 radical (unpaired) electrons. The number of aromatic amines is 1. The van der Waals surface area contributed by atoms with Gasteiger partial charge in [-0.1, -0.05) is 23.7 Å². The van der Waals surface area contributed by atoms with E-state index in [2.05, 4.69) is 4.98 Å². The molecule has 0 bridgehead atoms. The highest BCUT2D eigenvalue weighted by Gasteiger charge is 2.09. The van der Waals surface area contributed by atoms with Gasteiger partial charge in [0.05, 0.1) is 5.52 Å². The van der Waals surface area contributed by atoms with Gasteiger partial charge in [0.25, 0.3) is 5.56 Å². The van der Waals surface area contributed by atoms with Crippen LogP contribution in [-0.4, -0.2) is 10.1 Å². The van der Waals surface area contributed by atoms with Crippen LogP contribution in [0.3, 0.4) is 0 Å². The fraction of sp³-hybridized carbons (Fsp3) is 0. The van der Waals surface area contributed by atoms with Crippen molar-refractivity contribution in [1.82, 2.24) is 4.98 Å². The van der Waals surface area contributed by atoms with Crippen LogP contribution in [0, 0.1) is 0 Å². The lowest BCUT2D eigenvalue weighted by Gasteiger charge is -1.88. The number of benzene rings is 1. The zero-order valence-corrected chi connectivity index (χ0v) is 8.21. The highest BCUT2D eigenvalue weighted by atomic mass is 35.5. The van der Waals surface area contributed by atoms with Crippen LogP contribution >= 0.6 is 11.6 Å². The molecule has 1 aromatic carbocycles. The molecule has 4 nitrogen and oxygen atoms in total. The summed E-state index contributed by atoms with van der Waals surface area (Å²) in [5.74, 6) is -0.723. The molecule has 0 atom stereocenters. The molecule has 0 amide bonds. The minimum Gasteiger partial charge on any atom is -0.503 e. The second-order valence-electron chi connectivity index (χ2n) is 2.99. The van der Waals surface area contributed by atoms with E-state index in [1.165, 1.54) is 6.07 Å². The van der Waals surface area contributed by atoms with E-state index in [0.717, 1.165) is 0 Å². The Balaban J connectivity index is 3.20. The molecular weight excluding hydrogens is 218 g/mol. The van der Waals surface area contributed by atoms with Gasteiger partial charge < -0.3 is 10.1 Å². The third-order valence-corrected chi connectivity index (χ3v) is 2.39. The minimum absolute atomic E-state index is 0.221. The van der Waals surface area contributed by atoms with Crippen molar-refractivity contribution in [3.8, 4) is 5.75 Å². The molecular formula is C10H6ClNO3. The Labute approximate surface area is 88.8 Å². The van der Waals surface area contributed by atoms with Crippen molar-refractivity contribution in [2.45, 2.75) is 0 Å².